The van der Waals surface area contributed by atoms with Crippen molar-refractivity contribution in [2.75, 3.05) is 0 Å². The molecule has 0 radical (unpaired) electrons. The van der Waals surface area contributed by atoms with Gasteiger partial charge >= 0.3 is 0 Å². The van der Waals surface area contributed by atoms with Crippen molar-refractivity contribution in [1.29, 1.82) is 0 Å². The van der Waals surface area contributed by atoms with Crippen LogP contribution in [0.25, 0.3) is 11.0 Å². The predicted octanol–water partition coefficient (Wildman–Crippen LogP) is 3.69. The van der Waals surface area contributed by atoms with Crippen molar-refractivity contribution in [3.63, 3.8) is 0 Å². The monoisotopic (exact) mass is 370 g/mol. The third kappa shape index (κ3) is 2.04. The van der Waals surface area contributed by atoms with Gasteiger partial charge in [-0.1, -0.05) is 29.8 Å². The van der Waals surface area contributed by atoms with Crippen LogP contribution in [0.15, 0.2) is 58.2 Å². The highest BCUT2D eigenvalue weighted by Crippen LogP contribution is 2.31. The molecule has 2 heterocycles. The number of aromatic nitrogens is 2. The molecule has 0 bridgehead atoms. The highest BCUT2D eigenvalue weighted by molar-refractivity contribution is 9.10. The Morgan fingerprint density at radius 2 is 1.85 bits per heavy atom. The molecule has 0 amide bonds. The van der Waals surface area contributed by atoms with Crippen LogP contribution in [-0.4, -0.2) is 17.4 Å². The van der Waals surface area contributed by atoms with E-state index in [2.05, 4.69) is 20.9 Å². The first-order valence-corrected chi connectivity index (χ1v) is 8.24. The molecule has 102 valence electrons. The quantitative estimate of drug-likeness (QED) is 0.690. The van der Waals surface area contributed by atoms with Gasteiger partial charge in [0, 0.05) is 22.3 Å². The molecule has 7 heteroatoms. The van der Waals surface area contributed by atoms with Crippen LogP contribution < -0.4 is 0 Å². The first-order valence-electron chi connectivity index (χ1n) is 5.63. The van der Waals surface area contributed by atoms with Crippen LogP contribution in [0.1, 0.15) is 0 Å². The summed E-state index contributed by atoms with van der Waals surface area (Å²) in [4.78, 5) is 4.33. The van der Waals surface area contributed by atoms with Gasteiger partial charge in [-0.05, 0) is 34.1 Å². The second-order valence-corrected chi connectivity index (χ2v) is 7.10. The molecule has 0 N–H and O–H groups in total. The highest BCUT2D eigenvalue weighted by atomic mass is 79.9. The lowest BCUT2D eigenvalue weighted by Crippen LogP contribution is -2.12. The Balaban J connectivity index is 2.29. The van der Waals surface area contributed by atoms with E-state index in [1.165, 1.54) is 12.4 Å². The van der Waals surface area contributed by atoms with E-state index in [0.717, 1.165) is 3.97 Å². The van der Waals surface area contributed by atoms with Crippen molar-refractivity contribution >= 4 is 48.6 Å². The van der Waals surface area contributed by atoms with E-state index in [0.29, 0.717) is 20.5 Å². The molecule has 0 unspecified atom stereocenters. The number of benzene rings is 1. The number of pyridine rings is 1. The van der Waals surface area contributed by atoms with Crippen LogP contribution in [0.4, 0.5) is 0 Å². The van der Waals surface area contributed by atoms with E-state index in [1.807, 2.05) is 0 Å². The van der Waals surface area contributed by atoms with E-state index >= 15 is 0 Å². The highest BCUT2D eigenvalue weighted by Gasteiger charge is 2.20. The van der Waals surface area contributed by atoms with Crippen LogP contribution in [0.5, 0.6) is 0 Å². The number of fused-ring (bicyclic) bond motifs is 1. The van der Waals surface area contributed by atoms with Gasteiger partial charge in [-0.3, -0.25) is 0 Å². The molecule has 0 aliphatic rings. The molecule has 0 aliphatic heterocycles. The summed E-state index contributed by atoms with van der Waals surface area (Å²) in [6, 6.07) is 9.88. The Hall–Kier alpha value is -1.37. The second kappa shape index (κ2) is 4.87. The number of rotatable bonds is 2. The van der Waals surface area contributed by atoms with Gasteiger partial charge in [-0.2, -0.15) is 0 Å². The lowest BCUT2D eigenvalue weighted by molar-refractivity contribution is 0.589. The Kier molecular flexibility index (Phi) is 3.32. The summed E-state index contributed by atoms with van der Waals surface area (Å²) in [6.45, 7) is 0. The second-order valence-electron chi connectivity index (χ2n) is 4.09. The minimum atomic E-state index is -3.66. The molecule has 3 rings (SSSR count). The summed E-state index contributed by atoms with van der Waals surface area (Å²) in [7, 11) is -3.66. The van der Waals surface area contributed by atoms with Crippen LogP contribution in [0.2, 0.25) is 5.02 Å². The minimum Gasteiger partial charge on any atom is -0.236 e. The average Bonchev–Trinajstić information content (AvgIpc) is 2.89. The van der Waals surface area contributed by atoms with Gasteiger partial charge in [-0.25, -0.2) is 17.4 Å². The van der Waals surface area contributed by atoms with Crippen molar-refractivity contribution in [1.82, 2.24) is 8.96 Å². The van der Waals surface area contributed by atoms with Gasteiger partial charge in [0.05, 0.1) is 9.92 Å². The fourth-order valence-electron chi connectivity index (χ4n) is 1.91. The molecule has 3 aromatic rings. The minimum absolute atomic E-state index is 0.213. The molecular weight excluding hydrogens is 364 g/mol. The van der Waals surface area contributed by atoms with Gasteiger partial charge in [-0.15, -0.1) is 0 Å². The molecule has 1 aromatic carbocycles. The molecule has 0 saturated heterocycles. The Labute approximate surface area is 129 Å². The van der Waals surface area contributed by atoms with Crippen LogP contribution in [0.3, 0.4) is 0 Å². The zero-order valence-corrected chi connectivity index (χ0v) is 13.2. The van der Waals surface area contributed by atoms with Gasteiger partial charge in [0.15, 0.2) is 5.65 Å². The summed E-state index contributed by atoms with van der Waals surface area (Å²) < 4.78 is 26.9. The van der Waals surface area contributed by atoms with Crippen LogP contribution >= 0.6 is 27.5 Å². The molecule has 0 spiro atoms. The number of nitrogens with zero attached hydrogens (tertiary/aromatic N) is 2. The standard InChI is InChI=1S/C13H8BrClN2O2S/c14-12-10-6-7-17(13(10)16-8-11(12)15)20(18,19)9-4-2-1-3-5-9/h1-8H. The van der Waals surface area contributed by atoms with E-state index in [9.17, 15) is 8.42 Å². The fourth-order valence-corrected chi connectivity index (χ4v) is 3.79. The van der Waals surface area contributed by atoms with Gasteiger partial charge in [0.2, 0.25) is 0 Å². The third-order valence-electron chi connectivity index (χ3n) is 2.87. The zero-order valence-electron chi connectivity index (χ0n) is 9.99. The molecule has 20 heavy (non-hydrogen) atoms. The molecule has 0 atom stereocenters. The lowest BCUT2D eigenvalue weighted by Gasteiger charge is -2.07. The lowest BCUT2D eigenvalue weighted by atomic mass is 10.3. The molecule has 0 aliphatic carbocycles. The first kappa shape index (κ1) is 13.6. The Morgan fingerprint density at radius 3 is 2.55 bits per heavy atom. The molecular formula is C13H8BrClN2O2S. The zero-order chi connectivity index (χ0) is 14.3. The van der Waals surface area contributed by atoms with Crippen LogP contribution in [-0.2, 0) is 10.0 Å². The summed E-state index contributed by atoms with van der Waals surface area (Å²) in [6.07, 6.45) is 2.89. The number of halogens is 2. The Morgan fingerprint density at radius 1 is 1.15 bits per heavy atom. The van der Waals surface area contributed by atoms with Crippen molar-refractivity contribution in [2.45, 2.75) is 4.90 Å². The van der Waals surface area contributed by atoms with E-state index in [1.54, 1.807) is 36.4 Å². The van der Waals surface area contributed by atoms with Crippen molar-refractivity contribution in [3.05, 3.63) is 58.3 Å². The average molecular weight is 372 g/mol. The largest absolute Gasteiger partial charge is 0.269 e. The molecule has 4 nitrogen and oxygen atoms in total. The summed E-state index contributed by atoms with van der Waals surface area (Å²) >= 11 is 9.30. The normalized spacial score (nSPS) is 11.9. The van der Waals surface area contributed by atoms with E-state index in [-0.39, 0.29) is 4.90 Å². The fraction of sp³-hybridized carbons (Fsp3) is 0. The topological polar surface area (TPSA) is 52.0 Å². The maximum Gasteiger partial charge on any atom is 0.269 e. The SMILES string of the molecule is O=S(=O)(c1ccccc1)n1ccc2c(Br)c(Cl)cnc21. The smallest absolute Gasteiger partial charge is 0.236 e. The predicted molar refractivity (Wildman–Crippen MR) is 81.5 cm³/mol. The van der Waals surface area contributed by atoms with Crippen molar-refractivity contribution < 1.29 is 8.42 Å². The first-order chi connectivity index (χ1) is 9.51. The van der Waals surface area contributed by atoms with Gasteiger partial charge in [0.25, 0.3) is 10.0 Å². The number of hydrogen-bond donors (Lipinski definition) is 0. The van der Waals surface area contributed by atoms with Crippen molar-refractivity contribution in [2.24, 2.45) is 0 Å². The summed E-state index contributed by atoms with van der Waals surface area (Å²) in [5.74, 6) is 0. The Bertz CT molecular complexity index is 891. The molecule has 2 aromatic heterocycles. The van der Waals surface area contributed by atoms with Crippen molar-refractivity contribution in [3.8, 4) is 0 Å². The number of hydrogen-bond acceptors (Lipinski definition) is 3. The maximum atomic E-state index is 12.6. The van der Waals surface area contributed by atoms with Gasteiger partial charge in [0.1, 0.15) is 0 Å². The third-order valence-corrected chi connectivity index (χ3v) is 5.92. The molecule has 0 fully saturated rings. The maximum absolute atomic E-state index is 12.6. The van der Waals surface area contributed by atoms with E-state index in [4.69, 9.17) is 11.6 Å². The molecule has 0 saturated carbocycles. The van der Waals surface area contributed by atoms with Crippen LogP contribution in [0, 0.1) is 0 Å². The summed E-state index contributed by atoms with van der Waals surface area (Å²) in [5, 5.41) is 1.09. The summed E-state index contributed by atoms with van der Waals surface area (Å²) in [5.41, 5.74) is 0.338. The van der Waals surface area contributed by atoms with Gasteiger partial charge < -0.3 is 0 Å². The van der Waals surface area contributed by atoms with E-state index < -0.39 is 10.0 Å².